The Hall–Kier alpha value is -6.23. The molecular formula is C49H61N7O6. The third-order valence-corrected chi connectivity index (χ3v) is 11.0. The Morgan fingerprint density at radius 2 is 1.03 bits per heavy atom. The number of aryl methyl sites for hydroxylation is 2. The third-order valence-electron chi connectivity index (χ3n) is 11.0. The van der Waals surface area contributed by atoms with Crippen LogP contribution < -0.4 is 41.4 Å². The van der Waals surface area contributed by atoms with Crippen LogP contribution in [0.1, 0.15) is 80.9 Å². The molecule has 6 N–H and O–H groups in total. The van der Waals surface area contributed by atoms with Crippen LogP contribution in [0.4, 0.5) is 22.7 Å². The number of benzene rings is 4. The molecule has 0 radical (unpaired) electrons. The van der Waals surface area contributed by atoms with Gasteiger partial charge in [-0.15, -0.1) is 0 Å². The summed E-state index contributed by atoms with van der Waals surface area (Å²) >= 11 is 0. The number of ether oxygens (including phenoxy) is 2. The van der Waals surface area contributed by atoms with E-state index in [2.05, 4.69) is 38.0 Å². The van der Waals surface area contributed by atoms with E-state index in [9.17, 15) is 19.2 Å². The molecule has 2 aliphatic rings. The fourth-order valence-corrected chi connectivity index (χ4v) is 7.57. The van der Waals surface area contributed by atoms with Crippen LogP contribution in [0.2, 0.25) is 0 Å². The number of piperidine rings is 2. The Bertz CT molecular complexity index is 2110. The molecule has 62 heavy (non-hydrogen) atoms. The van der Waals surface area contributed by atoms with E-state index in [1.54, 1.807) is 56.7 Å². The van der Waals surface area contributed by atoms with Crippen molar-refractivity contribution in [3.63, 3.8) is 0 Å². The Morgan fingerprint density at radius 3 is 1.48 bits per heavy atom. The van der Waals surface area contributed by atoms with Crippen molar-refractivity contribution in [2.24, 2.45) is 11.8 Å². The van der Waals surface area contributed by atoms with Crippen molar-refractivity contribution in [1.29, 1.82) is 5.26 Å². The zero-order chi connectivity index (χ0) is 43.9. The van der Waals surface area contributed by atoms with Gasteiger partial charge in [0, 0.05) is 54.5 Å². The molecule has 2 aliphatic heterocycles. The van der Waals surface area contributed by atoms with Crippen LogP contribution in [0.15, 0.2) is 91.0 Å². The van der Waals surface area contributed by atoms with E-state index in [0.29, 0.717) is 78.8 Å². The van der Waals surface area contributed by atoms with E-state index in [-0.39, 0.29) is 23.6 Å². The van der Waals surface area contributed by atoms with Gasteiger partial charge < -0.3 is 41.4 Å². The average molecular weight is 844 g/mol. The summed E-state index contributed by atoms with van der Waals surface area (Å²) in [5.74, 6) is 2.25. The van der Waals surface area contributed by atoms with E-state index in [1.807, 2.05) is 48.5 Å². The van der Waals surface area contributed by atoms with Gasteiger partial charge in [0.2, 0.25) is 23.6 Å². The standard InChI is InChI=1S/C25H33N3O4.C24H28N4O2/c1-31-22-11-10-21(16-23(22)32-2)28-24(29)12-8-18-5-3-7-20(15-18)27-25(30)13-9-19-6-4-14-26-17-19;25-16-19-6-10-21(11-7-19)27-23(29)12-8-18-3-1-5-22(15-18)28-24(30)13-9-20-4-2-14-26-17-20/h3,5,7,10-11,15-16,19,26H,4,6,8-9,12-14,17H2,1-2H3,(H,27,30)(H,28,29);1,3,5-7,10-11,15,20,26H,2,4,8-9,12-14,17H2,(H,27,29)(H,28,30). The lowest BCUT2D eigenvalue weighted by Crippen LogP contribution is -2.30. The maximum atomic E-state index is 12.4. The summed E-state index contributed by atoms with van der Waals surface area (Å²) in [5, 5.41) is 27.3. The van der Waals surface area contributed by atoms with Gasteiger partial charge in [0.25, 0.3) is 0 Å². The van der Waals surface area contributed by atoms with Crippen LogP contribution in [-0.4, -0.2) is 64.0 Å². The predicted octanol–water partition coefficient (Wildman–Crippen LogP) is 7.84. The number of hydrogen-bond acceptors (Lipinski definition) is 9. The highest BCUT2D eigenvalue weighted by atomic mass is 16.5. The summed E-state index contributed by atoms with van der Waals surface area (Å²) in [6.45, 7) is 4.18. The largest absolute Gasteiger partial charge is 0.493 e. The zero-order valence-electron chi connectivity index (χ0n) is 36.0. The van der Waals surface area contributed by atoms with Crippen molar-refractivity contribution >= 4 is 46.4 Å². The van der Waals surface area contributed by atoms with Gasteiger partial charge in [-0.3, -0.25) is 19.2 Å². The van der Waals surface area contributed by atoms with Crippen LogP contribution in [0.25, 0.3) is 0 Å². The fraction of sp³-hybridized carbons (Fsp3) is 0.408. The van der Waals surface area contributed by atoms with Gasteiger partial charge in [0.05, 0.1) is 25.9 Å². The molecule has 2 atom stereocenters. The molecule has 4 aromatic carbocycles. The number of nitrogens with one attached hydrogen (secondary N) is 6. The molecule has 2 unspecified atom stereocenters. The van der Waals surface area contributed by atoms with E-state index in [4.69, 9.17) is 14.7 Å². The second-order valence-electron chi connectivity index (χ2n) is 15.9. The highest BCUT2D eigenvalue weighted by Gasteiger charge is 2.16. The summed E-state index contributed by atoms with van der Waals surface area (Å²) in [6, 6.07) is 29.4. The molecule has 4 aromatic rings. The first-order chi connectivity index (χ1) is 30.2. The van der Waals surface area contributed by atoms with E-state index in [1.165, 1.54) is 25.7 Å². The number of carbonyl (C=O) groups is 4. The number of nitriles is 1. The van der Waals surface area contributed by atoms with E-state index < -0.39 is 0 Å². The third kappa shape index (κ3) is 16.7. The van der Waals surface area contributed by atoms with Gasteiger partial charge in [-0.1, -0.05) is 24.3 Å². The quantitative estimate of drug-likeness (QED) is 0.0581. The highest BCUT2D eigenvalue weighted by Crippen LogP contribution is 2.30. The van der Waals surface area contributed by atoms with Crippen LogP contribution in [0, 0.1) is 23.2 Å². The maximum absolute atomic E-state index is 12.4. The first-order valence-corrected chi connectivity index (χ1v) is 21.7. The molecule has 2 heterocycles. The second-order valence-corrected chi connectivity index (χ2v) is 15.9. The molecule has 2 saturated heterocycles. The van der Waals surface area contributed by atoms with Gasteiger partial charge in [-0.05, 0) is 161 Å². The summed E-state index contributed by atoms with van der Waals surface area (Å²) in [5.41, 5.74) is 5.43. The van der Waals surface area contributed by atoms with Crippen LogP contribution in [-0.2, 0) is 32.0 Å². The average Bonchev–Trinajstić information content (AvgIpc) is 3.30. The van der Waals surface area contributed by atoms with Crippen LogP contribution in [0.3, 0.4) is 0 Å². The van der Waals surface area contributed by atoms with Gasteiger partial charge >= 0.3 is 0 Å². The minimum atomic E-state index is -0.0900. The zero-order valence-corrected chi connectivity index (χ0v) is 36.0. The smallest absolute Gasteiger partial charge is 0.224 e. The van der Waals surface area contributed by atoms with Crippen molar-refractivity contribution in [2.75, 3.05) is 61.7 Å². The molecule has 2 fully saturated rings. The number of methoxy groups -OCH3 is 2. The lowest BCUT2D eigenvalue weighted by molar-refractivity contribution is -0.117. The molecule has 0 spiro atoms. The number of carbonyl (C=O) groups excluding carboxylic acids is 4. The SMILES string of the molecule is COc1ccc(NC(=O)CCc2cccc(NC(=O)CCC3CCCNC3)c2)cc1OC.N#Cc1ccc(NC(=O)CCc2cccc(NC(=O)CCC3CCCNC3)c2)cc1. The topological polar surface area (TPSA) is 183 Å². The maximum Gasteiger partial charge on any atom is 0.224 e. The van der Waals surface area contributed by atoms with Crippen LogP contribution >= 0.6 is 0 Å². The van der Waals surface area contributed by atoms with Crippen molar-refractivity contribution in [1.82, 2.24) is 10.6 Å². The number of rotatable bonds is 18. The number of hydrogen-bond donors (Lipinski definition) is 6. The predicted molar refractivity (Wildman–Crippen MR) is 244 cm³/mol. The molecule has 4 amide bonds. The lowest BCUT2D eigenvalue weighted by Gasteiger charge is -2.22. The number of amides is 4. The minimum Gasteiger partial charge on any atom is -0.493 e. The van der Waals surface area contributed by atoms with Crippen molar-refractivity contribution < 1.29 is 28.7 Å². The monoisotopic (exact) mass is 843 g/mol. The number of nitrogens with zero attached hydrogens (tertiary/aromatic N) is 1. The van der Waals surface area contributed by atoms with Gasteiger partial charge in [-0.25, -0.2) is 0 Å². The van der Waals surface area contributed by atoms with Crippen molar-refractivity contribution in [3.8, 4) is 17.6 Å². The fourth-order valence-electron chi connectivity index (χ4n) is 7.57. The number of anilines is 4. The lowest BCUT2D eigenvalue weighted by atomic mass is 9.94. The summed E-state index contributed by atoms with van der Waals surface area (Å²) in [4.78, 5) is 49.2. The normalized spacial score (nSPS) is 15.7. The van der Waals surface area contributed by atoms with Gasteiger partial charge in [0.15, 0.2) is 11.5 Å². The molecular weight excluding hydrogens is 783 g/mol. The van der Waals surface area contributed by atoms with Crippen molar-refractivity contribution in [2.45, 2.75) is 77.0 Å². The summed E-state index contributed by atoms with van der Waals surface area (Å²) < 4.78 is 10.5. The van der Waals surface area contributed by atoms with Gasteiger partial charge in [-0.2, -0.15) is 5.26 Å². The molecule has 13 heteroatoms. The van der Waals surface area contributed by atoms with Crippen LogP contribution in [0.5, 0.6) is 11.5 Å². The molecule has 0 saturated carbocycles. The van der Waals surface area contributed by atoms with Gasteiger partial charge in [0.1, 0.15) is 0 Å². The van der Waals surface area contributed by atoms with Crippen molar-refractivity contribution in [3.05, 3.63) is 108 Å². The molecule has 13 nitrogen and oxygen atoms in total. The second kappa shape index (κ2) is 25.5. The molecule has 0 bridgehead atoms. The summed E-state index contributed by atoms with van der Waals surface area (Å²) in [6.07, 6.45) is 9.49. The van der Waals surface area contributed by atoms with E-state index >= 15 is 0 Å². The Labute approximate surface area is 365 Å². The molecule has 0 aromatic heterocycles. The minimum absolute atomic E-state index is 0.0382. The van der Waals surface area contributed by atoms with E-state index in [0.717, 1.165) is 61.5 Å². The summed E-state index contributed by atoms with van der Waals surface area (Å²) in [7, 11) is 3.13. The Morgan fingerprint density at radius 1 is 0.581 bits per heavy atom. The Kier molecular flexibility index (Phi) is 19.3. The first kappa shape index (κ1) is 46.8. The first-order valence-electron chi connectivity index (χ1n) is 21.7. The Balaban J connectivity index is 0.000000235. The molecule has 0 aliphatic carbocycles. The molecule has 328 valence electrons. The molecule has 6 rings (SSSR count). The highest BCUT2D eigenvalue weighted by molar-refractivity contribution is 5.93.